The van der Waals surface area contributed by atoms with Gasteiger partial charge in [-0.2, -0.15) is 0 Å². The minimum Gasteiger partial charge on any atom is -0.456 e. The standard InChI is InChI=1S/C51H31N3O3S/c55-58(56)49-23-11-9-21-41(49)38-19-7-6-17-36(38)35-16-4-5-18-37(35)39-25-24-33(27-42(39)44-28-48-43(29-50(44)58)40-20-8-10-22-47(40)57-48)46-30-45(32-13-2-1-3-14-32)53-51(54-46)34-15-12-26-52-31-34/h1-31H. The fourth-order valence-electron chi connectivity index (χ4n) is 8.27. The number of furan rings is 1. The van der Waals surface area contributed by atoms with Gasteiger partial charge < -0.3 is 4.42 Å². The molecule has 0 N–H and O–H groups in total. The summed E-state index contributed by atoms with van der Waals surface area (Å²) < 4.78 is 37.5. The van der Waals surface area contributed by atoms with E-state index in [1.54, 1.807) is 30.6 Å². The Morgan fingerprint density at radius 2 is 1.00 bits per heavy atom. The zero-order chi connectivity index (χ0) is 38.8. The van der Waals surface area contributed by atoms with E-state index in [0.29, 0.717) is 33.8 Å². The number of para-hydroxylation sites is 1. The molecule has 0 unspecified atom stereocenters. The monoisotopic (exact) mass is 765 g/mol. The Morgan fingerprint density at radius 3 is 1.72 bits per heavy atom. The predicted octanol–water partition coefficient (Wildman–Crippen LogP) is 12.6. The molecule has 0 spiro atoms. The largest absolute Gasteiger partial charge is 0.456 e. The summed E-state index contributed by atoms with van der Waals surface area (Å²) in [6.07, 6.45) is 3.49. The van der Waals surface area contributed by atoms with E-state index in [-0.39, 0.29) is 9.79 Å². The topological polar surface area (TPSA) is 86.0 Å². The summed E-state index contributed by atoms with van der Waals surface area (Å²) in [5, 5.41) is 1.58. The molecule has 0 atom stereocenters. The fourth-order valence-corrected chi connectivity index (χ4v) is 9.96. The molecule has 0 bridgehead atoms. The Hall–Kier alpha value is -7.48. The van der Waals surface area contributed by atoms with Gasteiger partial charge in [-0.3, -0.25) is 4.98 Å². The summed E-state index contributed by atoms with van der Waals surface area (Å²) in [4.78, 5) is 14.9. The summed E-state index contributed by atoms with van der Waals surface area (Å²) in [6, 6.07) is 57.1. The summed E-state index contributed by atoms with van der Waals surface area (Å²) >= 11 is 0. The normalized spacial score (nSPS) is 12.8. The van der Waals surface area contributed by atoms with Crippen molar-refractivity contribution in [3.63, 3.8) is 0 Å². The highest BCUT2D eigenvalue weighted by atomic mass is 32.2. The van der Waals surface area contributed by atoms with Gasteiger partial charge in [-0.15, -0.1) is 0 Å². The van der Waals surface area contributed by atoms with E-state index in [9.17, 15) is 0 Å². The van der Waals surface area contributed by atoms with Crippen LogP contribution in [0.3, 0.4) is 0 Å². The van der Waals surface area contributed by atoms with Crippen LogP contribution in [0.2, 0.25) is 0 Å². The molecule has 4 heterocycles. The molecule has 274 valence electrons. The molecule has 3 aromatic heterocycles. The highest BCUT2D eigenvalue weighted by Gasteiger charge is 2.30. The molecule has 0 aliphatic carbocycles. The van der Waals surface area contributed by atoms with E-state index in [2.05, 4.69) is 41.4 Å². The van der Waals surface area contributed by atoms with Crippen LogP contribution in [0, 0.1) is 0 Å². The second-order valence-electron chi connectivity index (χ2n) is 14.4. The number of pyridine rings is 1. The lowest BCUT2D eigenvalue weighted by molar-refractivity contribution is 0.596. The molecule has 1 aliphatic rings. The first kappa shape index (κ1) is 33.8. The van der Waals surface area contributed by atoms with Gasteiger partial charge in [0.1, 0.15) is 11.2 Å². The van der Waals surface area contributed by atoms with Gasteiger partial charge in [-0.05, 0) is 81.9 Å². The van der Waals surface area contributed by atoms with Crippen LogP contribution in [0.4, 0.5) is 0 Å². The molecule has 58 heavy (non-hydrogen) atoms. The average Bonchev–Trinajstić information content (AvgIpc) is 3.66. The van der Waals surface area contributed by atoms with Gasteiger partial charge in [0.15, 0.2) is 5.82 Å². The summed E-state index contributed by atoms with van der Waals surface area (Å²) in [7, 11) is -4.16. The van der Waals surface area contributed by atoms with Gasteiger partial charge in [0.05, 0.1) is 21.2 Å². The van der Waals surface area contributed by atoms with Gasteiger partial charge in [0, 0.05) is 51.0 Å². The highest BCUT2D eigenvalue weighted by Crippen LogP contribution is 2.49. The molecule has 10 aromatic rings. The maximum atomic E-state index is 15.5. The SMILES string of the molecule is O=S1(=O)c2ccccc2-c2ccccc2-c2ccccc2-c2ccc(-c3cc(-c4ccccc4)nc(-c4cccnc4)n3)cc2-c2cc3oc4ccccc4c3cc21. The number of fused-ring (bicyclic) bond motifs is 12. The van der Waals surface area contributed by atoms with Crippen LogP contribution in [-0.4, -0.2) is 23.4 Å². The molecule has 1 aliphatic heterocycles. The zero-order valence-corrected chi connectivity index (χ0v) is 31.7. The van der Waals surface area contributed by atoms with Crippen LogP contribution in [0.25, 0.3) is 100 Å². The third kappa shape index (κ3) is 5.47. The van der Waals surface area contributed by atoms with Crippen molar-refractivity contribution >= 4 is 31.8 Å². The zero-order valence-electron chi connectivity index (χ0n) is 30.9. The van der Waals surface area contributed by atoms with E-state index < -0.39 is 9.84 Å². The van der Waals surface area contributed by atoms with E-state index in [0.717, 1.165) is 66.5 Å². The number of sulfone groups is 1. The average molecular weight is 766 g/mol. The molecule has 0 saturated heterocycles. The Balaban J connectivity index is 1.27. The number of aromatic nitrogens is 3. The van der Waals surface area contributed by atoms with Crippen LogP contribution in [0.15, 0.2) is 203 Å². The van der Waals surface area contributed by atoms with Crippen LogP contribution in [0.5, 0.6) is 0 Å². The minimum absolute atomic E-state index is 0.193. The van der Waals surface area contributed by atoms with Crippen molar-refractivity contribution in [2.24, 2.45) is 0 Å². The second-order valence-corrected chi connectivity index (χ2v) is 16.3. The van der Waals surface area contributed by atoms with Crippen molar-refractivity contribution in [3.8, 4) is 78.4 Å². The molecule has 7 aromatic carbocycles. The third-order valence-electron chi connectivity index (χ3n) is 11.0. The van der Waals surface area contributed by atoms with E-state index >= 15 is 8.42 Å². The van der Waals surface area contributed by atoms with Gasteiger partial charge in [-0.25, -0.2) is 18.4 Å². The Bertz CT molecular complexity index is 3300. The Morgan fingerprint density at radius 1 is 0.397 bits per heavy atom. The van der Waals surface area contributed by atoms with Crippen molar-refractivity contribution in [1.29, 1.82) is 0 Å². The van der Waals surface area contributed by atoms with E-state index in [4.69, 9.17) is 14.4 Å². The first-order valence-corrected chi connectivity index (χ1v) is 20.5. The summed E-state index contributed by atoms with van der Waals surface area (Å²) in [6.45, 7) is 0. The second kappa shape index (κ2) is 13.3. The lowest BCUT2D eigenvalue weighted by Gasteiger charge is -2.18. The molecule has 0 radical (unpaired) electrons. The molecule has 0 saturated carbocycles. The first-order valence-electron chi connectivity index (χ1n) is 19.0. The maximum absolute atomic E-state index is 15.5. The van der Waals surface area contributed by atoms with E-state index in [1.807, 2.05) is 121 Å². The molecular formula is C51H31N3O3S. The Kier molecular flexibility index (Phi) is 7.77. The van der Waals surface area contributed by atoms with Gasteiger partial charge >= 0.3 is 0 Å². The molecular weight excluding hydrogens is 735 g/mol. The molecule has 0 fully saturated rings. The lowest BCUT2D eigenvalue weighted by atomic mass is 9.85. The number of hydrogen-bond donors (Lipinski definition) is 0. The number of hydrogen-bond acceptors (Lipinski definition) is 6. The molecule has 6 nitrogen and oxygen atoms in total. The first-order chi connectivity index (χ1) is 28.5. The van der Waals surface area contributed by atoms with Gasteiger partial charge in [0.25, 0.3) is 0 Å². The molecule has 7 heteroatoms. The lowest BCUT2D eigenvalue weighted by Crippen LogP contribution is -2.06. The number of rotatable bonds is 3. The van der Waals surface area contributed by atoms with Crippen molar-refractivity contribution in [1.82, 2.24) is 15.0 Å². The van der Waals surface area contributed by atoms with Crippen LogP contribution < -0.4 is 0 Å². The van der Waals surface area contributed by atoms with Crippen LogP contribution in [0.1, 0.15) is 0 Å². The van der Waals surface area contributed by atoms with Crippen molar-refractivity contribution < 1.29 is 12.8 Å². The summed E-state index contributed by atoms with van der Waals surface area (Å²) in [5.41, 5.74) is 11.7. The number of benzene rings is 7. The fraction of sp³-hybridized carbons (Fsp3) is 0. The minimum atomic E-state index is -4.16. The quantitative estimate of drug-likeness (QED) is 0.178. The van der Waals surface area contributed by atoms with Crippen molar-refractivity contribution in [3.05, 3.63) is 188 Å². The number of nitrogens with zero attached hydrogens (tertiary/aromatic N) is 3. The molecule has 11 rings (SSSR count). The van der Waals surface area contributed by atoms with Crippen LogP contribution >= 0.6 is 0 Å². The van der Waals surface area contributed by atoms with Gasteiger partial charge in [-0.1, -0.05) is 127 Å². The summed E-state index contributed by atoms with van der Waals surface area (Å²) in [5.74, 6) is 0.534. The van der Waals surface area contributed by atoms with Crippen molar-refractivity contribution in [2.75, 3.05) is 0 Å². The maximum Gasteiger partial charge on any atom is 0.207 e. The van der Waals surface area contributed by atoms with Crippen molar-refractivity contribution in [2.45, 2.75) is 9.79 Å². The smallest absolute Gasteiger partial charge is 0.207 e. The predicted molar refractivity (Wildman–Crippen MR) is 231 cm³/mol. The highest BCUT2D eigenvalue weighted by molar-refractivity contribution is 7.91. The molecule has 0 amide bonds. The van der Waals surface area contributed by atoms with Crippen LogP contribution in [-0.2, 0) is 9.84 Å². The Labute approximate surface area is 334 Å². The third-order valence-corrected chi connectivity index (χ3v) is 12.8. The van der Waals surface area contributed by atoms with E-state index in [1.165, 1.54) is 0 Å². The van der Waals surface area contributed by atoms with Gasteiger partial charge in [0.2, 0.25) is 9.84 Å².